The Morgan fingerprint density at radius 1 is 1.00 bits per heavy atom. The molecule has 0 unspecified atom stereocenters. The van der Waals surface area contributed by atoms with Gasteiger partial charge < -0.3 is 0 Å². The summed E-state index contributed by atoms with van der Waals surface area (Å²) in [4.78, 5) is 11.7. The van der Waals surface area contributed by atoms with Crippen LogP contribution >= 0.6 is 0 Å². The molecule has 0 aliphatic rings. The van der Waals surface area contributed by atoms with Crippen molar-refractivity contribution in [3.8, 4) is 0 Å². The minimum absolute atomic E-state index is 0.175. The quantitative estimate of drug-likeness (QED) is 0.886. The van der Waals surface area contributed by atoms with Crippen LogP contribution in [0.4, 0.5) is 4.39 Å². The lowest BCUT2D eigenvalue weighted by atomic mass is 10.1. The van der Waals surface area contributed by atoms with Crippen LogP contribution in [-0.2, 0) is 27.7 Å². The highest BCUT2D eigenvalue weighted by Crippen LogP contribution is 2.05. The zero-order valence-corrected chi connectivity index (χ0v) is 12.6. The van der Waals surface area contributed by atoms with Gasteiger partial charge in [-0.3, -0.25) is 9.52 Å². The zero-order valence-electron chi connectivity index (χ0n) is 11.8. The second kappa shape index (κ2) is 7.17. The zero-order chi connectivity index (χ0) is 16.0. The molecule has 4 nitrogen and oxygen atoms in total. The lowest BCUT2D eigenvalue weighted by molar-refractivity contribution is -0.118. The van der Waals surface area contributed by atoms with E-state index >= 15 is 0 Å². The van der Waals surface area contributed by atoms with Gasteiger partial charge in [0.15, 0.2) is 0 Å². The minimum Gasteiger partial charge on any atom is -0.274 e. The van der Waals surface area contributed by atoms with Gasteiger partial charge in [0.05, 0.1) is 12.2 Å². The molecule has 1 amide bonds. The van der Waals surface area contributed by atoms with E-state index in [2.05, 4.69) is 0 Å². The number of hydrogen-bond donors (Lipinski definition) is 1. The summed E-state index contributed by atoms with van der Waals surface area (Å²) in [6.07, 6.45) is 0.145. The van der Waals surface area contributed by atoms with E-state index in [-0.39, 0.29) is 12.2 Å². The van der Waals surface area contributed by atoms with Gasteiger partial charge in [-0.2, -0.15) is 0 Å². The van der Waals surface area contributed by atoms with Gasteiger partial charge in [-0.05, 0) is 29.7 Å². The van der Waals surface area contributed by atoms with Crippen LogP contribution in [0, 0.1) is 5.82 Å². The van der Waals surface area contributed by atoms with Crippen LogP contribution in [0.1, 0.15) is 11.1 Å². The van der Waals surface area contributed by atoms with Gasteiger partial charge in [0.2, 0.25) is 15.9 Å². The molecule has 0 fully saturated rings. The largest absolute Gasteiger partial charge is 0.274 e. The molecule has 2 rings (SSSR count). The Morgan fingerprint density at radius 3 is 2.36 bits per heavy atom. The smallest absolute Gasteiger partial charge is 0.237 e. The number of benzene rings is 2. The standard InChI is InChI=1S/C16H16FNO3S/c17-15-8-4-7-14(11-15)12-16(19)18-22(20,21)10-9-13-5-2-1-3-6-13/h1-8,11H,9-10,12H2,(H,18,19). The van der Waals surface area contributed by atoms with Gasteiger partial charge in [-0.15, -0.1) is 0 Å². The summed E-state index contributed by atoms with van der Waals surface area (Å²) in [5.74, 6) is -1.30. The molecule has 0 atom stereocenters. The predicted molar refractivity (Wildman–Crippen MR) is 82.2 cm³/mol. The third-order valence-corrected chi connectivity index (χ3v) is 4.31. The number of aryl methyl sites for hydroxylation is 1. The number of carbonyl (C=O) groups excluding carboxylic acids is 1. The van der Waals surface area contributed by atoms with Gasteiger partial charge in [0, 0.05) is 0 Å². The van der Waals surface area contributed by atoms with Gasteiger partial charge in [0.1, 0.15) is 5.82 Å². The highest BCUT2D eigenvalue weighted by atomic mass is 32.2. The van der Waals surface area contributed by atoms with Crippen LogP contribution in [0.5, 0.6) is 0 Å². The molecule has 2 aromatic rings. The van der Waals surface area contributed by atoms with Crippen LogP contribution in [0.25, 0.3) is 0 Å². The van der Waals surface area contributed by atoms with E-state index in [0.717, 1.165) is 5.56 Å². The van der Waals surface area contributed by atoms with Gasteiger partial charge in [0.25, 0.3) is 0 Å². The summed E-state index contributed by atoms with van der Waals surface area (Å²) in [7, 11) is -3.70. The topological polar surface area (TPSA) is 63.2 Å². The maximum atomic E-state index is 13.0. The summed E-state index contributed by atoms with van der Waals surface area (Å²) in [5, 5.41) is 0. The van der Waals surface area contributed by atoms with Crippen LogP contribution in [0.3, 0.4) is 0 Å². The summed E-state index contributed by atoms with van der Waals surface area (Å²) >= 11 is 0. The van der Waals surface area contributed by atoms with Crippen molar-refractivity contribution in [2.45, 2.75) is 12.8 Å². The Balaban J connectivity index is 1.89. The third-order valence-electron chi connectivity index (χ3n) is 3.03. The highest BCUT2D eigenvalue weighted by Gasteiger charge is 2.15. The molecular formula is C16H16FNO3S. The number of nitrogens with one attached hydrogen (secondary N) is 1. The lowest BCUT2D eigenvalue weighted by Gasteiger charge is -2.07. The molecule has 0 radical (unpaired) electrons. The third kappa shape index (κ3) is 5.29. The van der Waals surface area contributed by atoms with Crippen LogP contribution < -0.4 is 4.72 Å². The fraction of sp³-hybridized carbons (Fsp3) is 0.188. The average Bonchev–Trinajstić information content (AvgIpc) is 2.46. The molecular weight excluding hydrogens is 305 g/mol. The molecule has 2 aromatic carbocycles. The fourth-order valence-corrected chi connectivity index (χ4v) is 3.02. The first-order chi connectivity index (χ1) is 10.4. The Morgan fingerprint density at radius 2 is 1.68 bits per heavy atom. The van der Waals surface area contributed by atoms with Crippen molar-refractivity contribution in [1.29, 1.82) is 0 Å². The van der Waals surface area contributed by atoms with E-state index in [9.17, 15) is 17.6 Å². The van der Waals surface area contributed by atoms with Crippen molar-refractivity contribution in [3.63, 3.8) is 0 Å². The molecule has 0 bridgehead atoms. The van der Waals surface area contributed by atoms with Crippen molar-refractivity contribution < 1.29 is 17.6 Å². The van der Waals surface area contributed by atoms with Gasteiger partial charge in [-0.1, -0.05) is 42.5 Å². The SMILES string of the molecule is O=C(Cc1cccc(F)c1)NS(=O)(=O)CCc1ccccc1. The number of rotatable bonds is 6. The highest BCUT2D eigenvalue weighted by molar-refractivity contribution is 7.90. The number of carbonyl (C=O) groups is 1. The van der Waals surface area contributed by atoms with Gasteiger partial charge >= 0.3 is 0 Å². The summed E-state index contributed by atoms with van der Waals surface area (Å²) in [5.41, 5.74) is 1.31. The van der Waals surface area contributed by atoms with Crippen molar-refractivity contribution in [3.05, 3.63) is 71.5 Å². The first-order valence-corrected chi connectivity index (χ1v) is 8.41. The Labute approximate surface area is 129 Å². The second-order valence-corrected chi connectivity index (χ2v) is 6.73. The lowest BCUT2D eigenvalue weighted by Crippen LogP contribution is -2.34. The molecule has 116 valence electrons. The molecule has 0 spiro atoms. The van der Waals surface area contributed by atoms with E-state index in [1.54, 1.807) is 6.07 Å². The van der Waals surface area contributed by atoms with Gasteiger partial charge in [-0.25, -0.2) is 12.8 Å². The first-order valence-electron chi connectivity index (χ1n) is 6.76. The summed E-state index contributed by atoms with van der Waals surface area (Å²) < 4.78 is 38.8. The van der Waals surface area contributed by atoms with E-state index in [0.29, 0.717) is 12.0 Å². The maximum Gasteiger partial charge on any atom is 0.237 e. The Bertz CT molecular complexity index is 745. The molecule has 0 aliphatic heterocycles. The minimum atomic E-state index is -3.70. The van der Waals surface area contributed by atoms with Crippen LogP contribution in [0.2, 0.25) is 0 Å². The molecule has 0 saturated heterocycles. The van der Waals surface area contributed by atoms with Crippen molar-refractivity contribution in [2.75, 3.05) is 5.75 Å². The monoisotopic (exact) mass is 321 g/mol. The maximum absolute atomic E-state index is 13.0. The molecule has 1 N–H and O–H groups in total. The van der Waals surface area contributed by atoms with Crippen molar-refractivity contribution in [1.82, 2.24) is 4.72 Å². The summed E-state index contributed by atoms with van der Waals surface area (Å²) in [6, 6.07) is 14.6. The van der Waals surface area contributed by atoms with Crippen molar-refractivity contribution in [2.24, 2.45) is 0 Å². The number of amides is 1. The van der Waals surface area contributed by atoms with Crippen LogP contribution in [0.15, 0.2) is 54.6 Å². The van der Waals surface area contributed by atoms with Crippen LogP contribution in [-0.4, -0.2) is 20.1 Å². The summed E-state index contributed by atoms with van der Waals surface area (Å²) in [6.45, 7) is 0. The van der Waals surface area contributed by atoms with E-state index < -0.39 is 21.7 Å². The Kier molecular flexibility index (Phi) is 5.27. The number of sulfonamides is 1. The molecule has 0 aromatic heterocycles. The number of halogens is 1. The normalized spacial score (nSPS) is 11.1. The molecule has 0 aliphatic carbocycles. The fourth-order valence-electron chi connectivity index (χ4n) is 1.99. The second-order valence-electron chi connectivity index (χ2n) is 4.89. The molecule has 0 saturated carbocycles. The number of hydrogen-bond acceptors (Lipinski definition) is 3. The average molecular weight is 321 g/mol. The first kappa shape index (κ1) is 16.2. The van der Waals surface area contributed by atoms with Crippen molar-refractivity contribution >= 4 is 15.9 Å². The van der Waals surface area contributed by atoms with E-state index in [1.807, 2.05) is 35.1 Å². The predicted octanol–water partition coefficient (Wildman–Crippen LogP) is 2.06. The molecule has 0 heterocycles. The van der Waals surface area contributed by atoms with E-state index in [1.165, 1.54) is 18.2 Å². The Hall–Kier alpha value is -2.21. The molecule has 22 heavy (non-hydrogen) atoms. The van der Waals surface area contributed by atoms with E-state index in [4.69, 9.17) is 0 Å². The molecule has 6 heteroatoms.